The molecule has 0 aliphatic carbocycles. The third-order valence-electron chi connectivity index (χ3n) is 9.44. The number of halogens is 3. The van der Waals surface area contributed by atoms with Crippen molar-refractivity contribution < 1.29 is 46.8 Å². The first-order valence-corrected chi connectivity index (χ1v) is 16.9. The van der Waals surface area contributed by atoms with Gasteiger partial charge in [-0.3, -0.25) is 4.79 Å². The van der Waals surface area contributed by atoms with Gasteiger partial charge in [-0.25, -0.2) is 4.39 Å². The van der Waals surface area contributed by atoms with Gasteiger partial charge in [-0.2, -0.15) is 0 Å². The second kappa shape index (κ2) is 13.8. The fraction of sp³-hybridized carbons (Fsp3) is 0.325. The van der Waals surface area contributed by atoms with Crippen LogP contribution >= 0.6 is 0 Å². The largest absolute Gasteiger partial charge is 0.586 e. The summed E-state index contributed by atoms with van der Waals surface area (Å²) in [6.07, 6.45) is -4.75. The number of hydrogen-bond acceptors (Lipinski definition) is 7. The van der Waals surface area contributed by atoms with E-state index in [1.54, 1.807) is 13.0 Å². The summed E-state index contributed by atoms with van der Waals surface area (Å²) in [6.45, 7) is 6.72. The van der Waals surface area contributed by atoms with Gasteiger partial charge in [0.1, 0.15) is 23.6 Å². The topological polar surface area (TPSA) is 100 Å². The zero-order valence-corrected chi connectivity index (χ0v) is 29.0. The number of anilines is 1. The molecule has 2 atom stereocenters. The number of aliphatic hydroxyl groups is 1. The minimum absolute atomic E-state index is 0.0513. The number of rotatable bonds is 13. The number of carbonyl (C=O) groups excluding carboxylic acids is 1. The van der Waals surface area contributed by atoms with E-state index in [2.05, 4.69) is 14.8 Å². The average molecular weight is 717 g/mol. The van der Waals surface area contributed by atoms with Crippen LogP contribution in [0, 0.1) is 5.82 Å². The second-order valence-corrected chi connectivity index (χ2v) is 14.1. The van der Waals surface area contributed by atoms with Crippen LogP contribution in [0.25, 0.3) is 10.9 Å². The third-order valence-corrected chi connectivity index (χ3v) is 9.44. The molecule has 1 amide bonds. The van der Waals surface area contributed by atoms with Crippen LogP contribution in [0.15, 0.2) is 91.0 Å². The lowest BCUT2D eigenvalue weighted by Gasteiger charge is -2.28. The molecular formula is C40H39F3N2O7. The number of aliphatic hydroxyl groups excluding tert-OH is 1. The molecule has 272 valence electrons. The Bertz CT molecular complexity index is 2090. The van der Waals surface area contributed by atoms with Crippen LogP contribution in [0.3, 0.4) is 0 Å². The van der Waals surface area contributed by atoms with E-state index in [1.807, 2.05) is 85.1 Å². The summed E-state index contributed by atoms with van der Waals surface area (Å²) in [6, 6.07) is 26.8. The van der Waals surface area contributed by atoms with E-state index in [-0.39, 0.29) is 42.7 Å². The van der Waals surface area contributed by atoms with Crippen molar-refractivity contribution in [1.82, 2.24) is 4.57 Å². The van der Waals surface area contributed by atoms with Gasteiger partial charge in [0.2, 0.25) is 5.91 Å². The lowest BCUT2D eigenvalue weighted by molar-refractivity contribution is -0.286. The van der Waals surface area contributed by atoms with Gasteiger partial charge in [0, 0.05) is 34.2 Å². The molecule has 4 aromatic carbocycles. The maximum Gasteiger partial charge on any atom is 0.586 e. The summed E-state index contributed by atoms with van der Waals surface area (Å²) >= 11 is 0. The lowest BCUT2D eigenvalue weighted by Crippen LogP contribution is -2.39. The summed E-state index contributed by atoms with van der Waals surface area (Å²) in [5, 5.41) is 14.5. The molecule has 12 heteroatoms. The second-order valence-electron chi connectivity index (χ2n) is 14.1. The fourth-order valence-corrected chi connectivity index (χ4v) is 6.64. The van der Waals surface area contributed by atoms with Crippen LogP contribution in [0.2, 0.25) is 0 Å². The highest BCUT2D eigenvalue weighted by molar-refractivity contribution is 6.01. The number of benzene rings is 4. The average Bonchev–Trinajstić information content (AvgIpc) is 3.74. The maximum atomic E-state index is 16.0. The first kappa shape index (κ1) is 35.4. The molecule has 9 nitrogen and oxygen atoms in total. The Labute approximate surface area is 298 Å². The Kier molecular flexibility index (Phi) is 9.41. The molecule has 0 spiro atoms. The highest BCUT2D eigenvalue weighted by atomic mass is 19.3. The van der Waals surface area contributed by atoms with Crippen LogP contribution in [0.1, 0.15) is 43.2 Å². The summed E-state index contributed by atoms with van der Waals surface area (Å²) in [5.74, 6) is -1.54. The molecule has 52 heavy (non-hydrogen) atoms. The molecule has 0 saturated carbocycles. The SMILES string of the molecule is CC(C)(COCc1ccccc1)c1cc2cc(NC(=O)C3(C)COc4cc5c(cc43)OC(F)(F)O5)c(F)cc2n1C[C@@H](O)COCc1ccccc1. The van der Waals surface area contributed by atoms with E-state index in [0.29, 0.717) is 36.3 Å². The minimum Gasteiger partial charge on any atom is -0.492 e. The van der Waals surface area contributed by atoms with Gasteiger partial charge in [-0.1, -0.05) is 74.5 Å². The van der Waals surface area contributed by atoms with E-state index in [0.717, 1.165) is 16.8 Å². The zero-order valence-electron chi connectivity index (χ0n) is 29.0. The number of aromatic nitrogens is 1. The molecule has 0 saturated heterocycles. The molecule has 3 heterocycles. The molecule has 5 aromatic rings. The van der Waals surface area contributed by atoms with E-state index >= 15 is 4.39 Å². The van der Waals surface area contributed by atoms with Crippen molar-refractivity contribution in [3.63, 3.8) is 0 Å². The standard InChI is InChI=1S/C40H39F3N2O7/c1-38(2,23-49-21-26-12-8-5-9-13-26)36-15-27-14-31(30(41)17-32(27)45(36)19-28(46)22-48-20-25-10-6-4-7-11-25)44-37(47)39(3)24-50-33-18-35-34(16-29(33)39)51-40(42,43)52-35/h4-18,28,46H,19-24H2,1-3H3,(H,44,47)/t28-,39?/m1/s1. The molecule has 2 aliphatic heterocycles. The molecule has 0 radical (unpaired) electrons. The van der Waals surface area contributed by atoms with E-state index in [1.165, 1.54) is 18.2 Å². The van der Waals surface area contributed by atoms with Crippen LogP contribution in [0.4, 0.5) is 18.9 Å². The fourth-order valence-electron chi connectivity index (χ4n) is 6.64. The quantitative estimate of drug-likeness (QED) is 0.131. The highest BCUT2D eigenvalue weighted by Gasteiger charge is 2.49. The van der Waals surface area contributed by atoms with Gasteiger partial charge in [0.25, 0.3) is 0 Å². The number of hydrogen-bond donors (Lipinski definition) is 2. The van der Waals surface area contributed by atoms with Gasteiger partial charge < -0.3 is 38.7 Å². The van der Waals surface area contributed by atoms with Crippen molar-refractivity contribution in [3.8, 4) is 17.2 Å². The molecule has 0 fully saturated rings. The van der Waals surface area contributed by atoms with Crippen LogP contribution in [-0.2, 0) is 44.9 Å². The molecule has 0 bridgehead atoms. The summed E-state index contributed by atoms with van der Waals surface area (Å²) in [5.41, 5.74) is 1.60. The number of fused-ring (bicyclic) bond motifs is 3. The Morgan fingerprint density at radius 2 is 1.56 bits per heavy atom. The number of amides is 1. The lowest BCUT2D eigenvalue weighted by atomic mass is 9.83. The first-order valence-electron chi connectivity index (χ1n) is 16.9. The number of carbonyl (C=O) groups is 1. The van der Waals surface area contributed by atoms with E-state index in [9.17, 15) is 18.7 Å². The monoisotopic (exact) mass is 716 g/mol. The van der Waals surface area contributed by atoms with Gasteiger partial charge in [0.15, 0.2) is 11.5 Å². The van der Waals surface area contributed by atoms with Gasteiger partial charge in [0.05, 0.1) is 50.3 Å². The number of alkyl halides is 2. The molecule has 2 N–H and O–H groups in total. The van der Waals surface area contributed by atoms with Crippen molar-refractivity contribution in [1.29, 1.82) is 0 Å². The minimum atomic E-state index is -3.84. The molecular weight excluding hydrogens is 677 g/mol. The summed E-state index contributed by atoms with van der Waals surface area (Å²) in [4.78, 5) is 13.8. The van der Waals surface area contributed by atoms with Crippen molar-refractivity contribution in [2.75, 3.05) is 25.1 Å². The third kappa shape index (κ3) is 7.19. The number of nitrogens with one attached hydrogen (secondary N) is 1. The van der Waals surface area contributed by atoms with E-state index in [4.69, 9.17) is 14.2 Å². The first-order chi connectivity index (χ1) is 24.8. The van der Waals surface area contributed by atoms with Crippen molar-refractivity contribution in [2.45, 2.75) is 63.8 Å². The Hall–Kier alpha value is -5.04. The van der Waals surface area contributed by atoms with E-state index < -0.39 is 35.0 Å². The van der Waals surface area contributed by atoms with Crippen LogP contribution < -0.4 is 19.5 Å². The maximum absolute atomic E-state index is 16.0. The van der Waals surface area contributed by atoms with Gasteiger partial charge >= 0.3 is 6.29 Å². The van der Waals surface area contributed by atoms with Crippen LogP contribution in [0.5, 0.6) is 17.2 Å². The van der Waals surface area contributed by atoms with Gasteiger partial charge in [-0.15, -0.1) is 8.78 Å². The highest BCUT2D eigenvalue weighted by Crippen LogP contribution is 2.50. The predicted octanol–water partition coefficient (Wildman–Crippen LogP) is 7.46. The van der Waals surface area contributed by atoms with Crippen molar-refractivity contribution in [3.05, 3.63) is 119 Å². The summed E-state index contributed by atoms with van der Waals surface area (Å²) < 4.78 is 72.0. The summed E-state index contributed by atoms with van der Waals surface area (Å²) in [7, 11) is 0. The molecule has 1 aromatic heterocycles. The molecule has 1 unspecified atom stereocenters. The molecule has 7 rings (SSSR count). The predicted molar refractivity (Wildman–Crippen MR) is 187 cm³/mol. The molecule has 2 aliphatic rings. The Balaban J connectivity index is 1.15. The van der Waals surface area contributed by atoms with Crippen molar-refractivity contribution >= 4 is 22.5 Å². The smallest absolute Gasteiger partial charge is 0.492 e. The number of ether oxygens (including phenoxy) is 5. The normalized spacial score (nSPS) is 17.9. The van der Waals surface area contributed by atoms with Crippen molar-refractivity contribution in [2.24, 2.45) is 0 Å². The Morgan fingerprint density at radius 1 is 0.923 bits per heavy atom. The Morgan fingerprint density at radius 3 is 2.23 bits per heavy atom. The zero-order chi connectivity index (χ0) is 36.7. The van der Waals surface area contributed by atoms with Gasteiger partial charge in [-0.05, 0) is 36.2 Å². The number of nitrogens with zero attached hydrogens (tertiary/aromatic N) is 1. The van der Waals surface area contributed by atoms with Crippen LogP contribution in [-0.4, -0.2) is 47.8 Å².